The minimum absolute atomic E-state index is 0.0279. The van der Waals surface area contributed by atoms with Gasteiger partial charge in [-0.2, -0.15) is 13.2 Å². The summed E-state index contributed by atoms with van der Waals surface area (Å²) in [7, 11) is 0. The van der Waals surface area contributed by atoms with Gasteiger partial charge in [0.05, 0.1) is 5.39 Å². The first-order valence-corrected chi connectivity index (χ1v) is 7.65. The zero-order valence-electron chi connectivity index (χ0n) is 8.90. The van der Waals surface area contributed by atoms with Crippen LogP contribution in [0.2, 0.25) is 0 Å². The van der Waals surface area contributed by atoms with Crippen LogP contribution in [0.5, 0.6) is 0 Å². The van der Waals surface area contributed by atoms with E-state index >= 15 is 0 Å². The largest absolute Gasteiger partial charge is 0.441 e. The molecule has 0 fully saturated rings. The molecule has 18 heavy (non-hydrogen) atoms. The smallest absolute Gasteiger partial charge is 0.383 e. The van der Waals surface area contributed by atoms with Crippen LogP contribution < -0.4 is 5.73 Å². The summed E-state index contributed by atoms with van der Waals surface area (Å²) in [6.07, 6.45) is 0. The number of rotatable bonds is 4. The third kappa shape index (κ3) is 3.66. The molecule has 2 N–H and O–H groups in total. The van der Waals surface area contributed by atoms with Crippen LogP contribution in [0.1, 0.15) is 0 Å². The van der Waals surface area contributed by atoms with E-state index in [0.717, 1.165) is 10.2 Å². The molecule has 0 aliphatic rings. The van der Waals surface area contributed by atoms with Crippen molar-refractivity contribution in [1.82, 2.24) is 9.97 Å². The van der Waals surface area contributed by atoms with E-state index in [2.05, 4.69) is 9.97 Å². The highest BCUT2D eigenvalue weighted by Crippen LogP contribution is 2.31. The number of hydrogen-bond donors (Lipinski definition) is 1. The van der Waals surface area contributed by atoms with Crippen LogP contribution in [0, 0.1) is 0 Å². The predicted octanol–water partition coefficient (Wildman–Crippen LogP) is 3.62. The Morgan fingerprint density at radius 3 is 2.78 bits per heavy atom. The fourth-order valence-electron chi connectivity index (χ4n) is 1.21. The third-order valence-electron chi connectivity index (χ3n) is 1.91. The molecule has 2 rings (SSSR count). The zero-order valence-corrected chi connectivity index (χ0v) is 11.3. The van der Waals surface area contributed by atoms with Gasteiger partial charge in [-0.1, -0.05) is 23.5 Å². The van der Waals surface area contributed by atoms with Gasteiger partial charge in [0.15, 0.2) is 5.16 Å². The number of thiophene rings is 1. The average molecular weight is 311 g/mol. The lowest BCUT2D eigenvalue weighted by Gasteiger charge is -2.05. The fraction of sp³-hybridized carbons (Fsp3) is 0.333. The Bertz CT molecular complexity index is 541. The van der Waals surface area contributed by atoms with Gasteiger partial charge in [-0.3, -0.25) is 0 Å². The highest BCUT2D eigenvalue weighted by molar-refractivity contribution is 8.03. The molecule has 2 aromatic heterocycles. The summed E-state index contributed by atoms with van der Waals surface area (Å²) in [5.74, 6) is 0.632. The molecule has 9 heteroatoms. The van der Waals surface area contributed by atoms with Crippen molar-refractivity contribution in [1.29, 1.82) is 0 Å². The van der Waals surface area contributed by atoms with Crippen molar-refractivity contribution in [3.63, 3.8) is 0 Å². The maximum atomic E-state index is 11.9. The topological polar surface area (TPSA) is 51.8 Å². The Labute approximate surface area is 113 Å². The molecule has 0 radical (unpaired) electrons. The van der Waals surface area contributed by atoms with E-state index in [9.17, 15) is 13.2 Å². The van der Waals surface area contributed by atoms with E-state index in [1.807, 2.05) is 11.4 Å². The summed E-state index contributed by atoms with van der Waals surface area (Å²) >= 11 is 2.56. The number of hydrogen-bond acceptors (Lipinski definition) is 6. The van der Waals surface area contributed by atoms with Gasteiger partial charge in [0.25, 0.3) is 0 Å². The molecule has 0 unspecified atom stereocenters. The summed E-state index contributed by atoms with van der Waals surface area (Å²) < 4.78 is 35.7. The number of halogens is 3. The molecule has 0 atom stereocenters. The van der Waals surface area contributed by atoms with Crippen molar-refractivity contribution in [3.05, 3.63) is 11.4 Å². The van der Waals surface area contributed by atoms with Gasteiger partial charge < -0.3 is 5.73 Å². The Hall–Kier alpha value is -0.670. The molecule has 0 saturated carbocycles. The molecule has 2 aromatic rings. The standard InChI is InChI=1S/C9H8F3N3S3/c10-9(11,12)18-4-3-17-8-14-6(13)5-1-2-16-7(5)15-8/h1-2H,3-4H2,(H2,13,14,15). The quantitative estimate of drug-likeness (QED) is 0.531. The summed E-state index contributed by atoms with van der Waals surface area (Å²) in [6.45, 7) is 0. The number of alkyl halides is 3. The van der Waals surface area contributed by atoms with Crippen molar-refractivity contribution in [3.8, 4) is 0 Å². The van der Waals surface area contributed by atoms with Crippen LogP contribution >= 0.6 is 34.9 Å². The molecule has 0 aliphatic carbocycles. The number of aromatic nitrogens is 2. The Morgan fingerprint density at radius 1 is 1.28 bits per heavy atom. The number of thioether (sulfide) groups is 2. The van der Waals surface area contributed by atoms with Crippen molar-refractivity contribution in [2.24, 2.45) is 0 Å². The van der Waals surface area contributed by atoms with Crippen LogP contribution in [0.25, 0.3) is 10.2 Å². The maximum Gasteiger partial charge on any atom is 0.441 e. The van der Waals surface area contributed by atoms with E-state index in [1.54, 1.807) is 0 Å². The summed E-state index contributed by atoms with van der Waals surface area (Å²) in [5, 5.41) is 3.06. The molecule has 0 saturated heterocycles. The molecule has 2 heterocycles. The van der Waals surface area contributed by atoms with E-state index in [4.69, 9.17) is 5.73 Å². The van der Waals surface area contributed by atoms with Gasteiger partial charge in [-0.25, -0.2) is 9.97 Å². The average Bonchev–Trinajstić information content (AvgIpc) is 2.71. The zero-order chi connectivity index (χ0) is 13.2. The molecule has 98 valence electrons. The Balaban J connectivity index is 1.95. The minimum atomic E-state index is -4.18. The molecular weight excluding hydrogens is 303 g/mol. The lowest BCUT2D eigenvalue weighted by Crippen LogP contribution is -2.03. The minimum Gasteiger partial charge on any atom is -0.383 e. The molecule has 0 spiro atoms. The Kier molecular flexibility index (Phi) is 4.23. The lowest BCUT2D eigenvalue weighted by molar-refractivity contribution is -0.0326. The molecular formula is C9H8F3N3S3. The van der Waals surface area contributed by atoms with Gasteiger partial charge in [-0.05, 0) is 11.4 Å². The lowest BCUT2D eigenvalue weighted by atomic mass is 10.4. The highest BCUT2D eigenvalue weighted by Gasteiger charge is 2.27. The number of fused-ring (bicyclic) bond motifs is 1. The fourth-order valence-corrected chi connectivity index (χ4v) is 3.44. The Morgan fingerprint density at radius 2 is 2.06 bits per heavy atom. The first kappa shape index (κ1) is 13.8. The van der Waals surface area contributed by atoms with Crippen LogP contribution in [-0.2, 0) is 0 Å². The van der Waals surface area contributed by atoms with Crippen molar-refractivity contribution >= 4 is 50.9 Å². The summed E-state index contributed by atoms with van der Waals surface area (Å²) in [6, 6.07) is 1.82. The van der Waals surface area contributed by atoms with Gasteiger partial charge in [-0.15, -0.1) is 11.3 Å². The van der Waals surface area contributed by atoms with Crippen LogP contribution in [-0.4, -0.2) is 27.0 Å². The SMILES string of the molecule is Nc1nc(SCCSC(F)(F)F)nc2sccc12. The van der Waals surface area contributed by atoms with E-state index in [-0.39, 0.29) is 17.5 Å². The first-order chi connectivity index (χ1) is 8.46. The van der Waals surface area contributed by atoms with Crippen molar-refractivity contribution in [2.75, 3.05) is 17.2 Å². The van der Waals surface area contributed by atoms with Gasteiger partial charge in [0.1, 0.15) is 10.6 Å². The monoisotopic (exact) mass is 311 g/mol. The molecule has 0 aromatic carbocycles. The second-order valence-corrected chi connectivity index (χ2v) is 6.29. The van der Waals surface area contributed by atoms with Crippen molar-refractivity contribution < 1.29 is 13.2 Å². The number of anilines is 1. The highest BCUT2D eigenvalue weighted by atomic mass is 32.2. The van der Waals surface area contributed by atoms with Gasteiger partial charge in [0.2, 0.25) is 0 Å². The first-order valence-electron chi connectivity index (χ1n) is 4.80. The molecule has 0 bridgehead atoms. The second-order valence-electron chi connectivity index (χ2n) is 3.17. The van der Waals surface area contributed by atoms with Crippen LogP contribution in [0.3, 0.4) is 0 Å². The number of nitrogen functional groups attached to an aromatic ring is 1. The molecule has 0 amide bonds. The summed E-state index contributed by atoms with van der Waals surface area (Å²) in [5.41, 5.74) is 1.55. The summed E-state index contributed by atoms with van der Waals surface area (Å²) in [4.78, 5) is 9.04. The van der Waals surface area contributed by atoms with Crippen LogP contribution in [0.4, 0.5) is 19.0 Å². The normalized spacial score (nSPS) is 12.2. The molecule has 0 aliphatic heterocycles. The number of nitrogens with two attached hydrogens (primary N) is 1. The van der Waals surface area contributed by atoms with Crippen molar-refractivity contribution in [2.45, 2.75) is 10.7 Å². The van der Waals surface area contributed by atoms with Crippen LogP contribution in [0.15, 0.2) is 16.6 Å². The maximum absolute atomic E-state index is 11.9. The second kappa shape index (κ2) is 5.54. The van der Waals surface area contributed by atoms with E-state index < -0.39 is 5.51 Å². The predicted molar refractivity (Wildman–Crippen MR) is 71.1 cm³/mol. The van der Waals surface area contributed by atoms with E-state index in [1.165, 1.54) is 23.1 Å². The van der Waals surface area contributed by atoms with Gasteiger partial charge in [0, 0.05) is 11.5 Å². The van der Waals surface area contributed by atoms with Gasteiger partial charge >= 0.3 is 5.51 Å². The number of nitrogens with zero attached hydrogens (tertiary/aromatic N) is 2. The van der Waals surface area contributed by atoms with E-state index in [0.29, 0.717) is 16.7 Å². The third-order valence-corrected chi connectivity index (χ3v) is 4.56. The molecule has 3 nitrogen and oxygen atoms in total.